The van der Waals surface area contributed by atoms with Crippen molar-refractivity contribution < 1.29 is 14.3 Å². The van der Waals surface area contributed by atoms with Gasteiger partial charge >= 0.3 is 0 Å². The number of carbonyl (C=O) groups excluding carboxylic acids is 1. The molecule has 5 nitrogen and oxygen atoms in total. The van der Waals surface area contributed by atoms with E-state index in [-0.39, 0.29) is 17.7 Å². The van der Waals surface area contributed by atoms with E-state index in [1.54, 1.807) is 7.11 Å². The van der Waals surface area contributed by atoms with Gasteiger partial charge in [0.2, 0.25) is 0 Å². The van der Waals surface area contributed by atoms with E-state index < -0.39 is 0 Å². The van der Waals surface area contributed by atoms with Crippen LogP contribution in [0.1, 0.15) is 41.5 Å². The van der Waals surface area contributed by atoms with Gasteiger partial charge in [0.1, 0.15) is 18.1 Å². The lowest BCUT2D eigenvalue weighted by atomic mass is 9.78. The number of rotatable bonds is 6. The summed E-state index contributed by atoms with van der Waals surface area (Å²) in [5, 5.41) is 7.30. The fourth-order valence-corrected chi connectivity index (χ4v) is 5.54. The van der Waals surface area contributed by atoms with Crippen molar-refractivity contribution in [1.82, 2.24) is 0 Å². The standard InChI is InChI=1S/C33H30N2O3/c1-37-30-17-9-5-13-24(30)23-19-28-32(29(36)20-23)33(35-27-16-8-7-15-26(27)34-28)25-14-6-10-18-31(25)38-21-22-11-3-2-4-12-22/h2-18,23,33-35H,19-21H2,1H3. The molecule has 5 heteroatoms. The number of benzene rings is 4. The number of nitrogens with one attached hydrogen (secondary N) is 2. The highest BCUT2D eigenvalue weighted by atomic mass is 16.5. The van der Waals surface area contributed by atoms with Gasteiger partial charge in [0, 0.05) is 29.2 Å². The largest absolute Gasteiger partial charge is 0.496 e. The smallest absolute Gasteiger partial charge is 0.163 e. The maximum Gasteiger partial charge on any atom is 0.163 e. The second-order valence-electron chi connectivity index (χ2n) is 9.72. The lowest BCUT2D eigenvalue weighted by Crippen LogP contribution is -2.27. The van der Waals surface area contributed by atoms with E-state index >= 15 is 0 Å². The number of Topliss-reactive ketones (excluding diaryl/α,β-unsaturated/α-hetero) is 1. The number of carbonyl (C=O) groups is 1. The van der Waals surface area contributed by atoms with Gasteiger partial charge in [0.05, 0.1) is 24.5 Å². The second kappa shape index (κ2) is 10.5. The van der Waals surface area contributed by atoms with Crippen molar-refractivity contribution in [3.05, 3.63) is 131 Å². The molecule has 190 valence electrons. The van der Waals surface area contributed by atoms with Crippen LogP contribution < -0.4 is 20.1 Å². The third kappa shape index (κ3) is 4.63. The Bertz CT molecular complexity index is 1500. The molecule has 38 heavy (non-hydrogen) atoms. The van der Waals surface area contributed by atoms with Crippen molar-refractivity contribution in [1.29, 1.82) is 0 Å². The molecule has 1 aliphatic heterocycles. The maximum atomic E-state index is 14.0. The van der Waals surface area contributed by atoms with Crippen molar-refractivity contribution in [3.8, 4) is 11.5 Å². The zero-order chi connectivity index (χ0) is 25.9. The average molecular weight is 503 g/mol. The van der Waals surface area contributed by atoms with Gasteiger partial charge in [0.25, 0.3) is 0 Å². The number of hydrogen-bond acceptors (Lipinski definition) is 5. The molecular weight excluding hydrogens is 472 g/mol. The first-order valence-corrected chi connectivity index (χ1v) is 13.0. The number of ether oxygens (including phenoxy) is 2. The Hall–Kier alpha value is -4.51. The van der Waals surface area contributed by atoms with Gasteiger partial charge in [-0.2, -0.15) is 0 Å². The molecule has 6 rings (SSSR count). The van der Waals surface area contributed by atoms with E-state index in [4.69, 9.17) is 9.47 Å². The molecular formula is C33H30N2O3. The number of ketones is 1. The van der Waals surface area contributed by atoms with Crippen LogP contribution in [0.5, 0.6) is 11.5 Å². The molecule has 0 saturated carbocycles. The molecule has 4 aromatic carbocycles. The lowest BCUT2D eigenvalue weighted by molar-refractivity contribution is -0.116. The first-order valence-electron chi connectivity index (χ1n) is 13.0. The molecule has 0 saturated heterocycles. The second-order valence-corrected chi connectivity index (χ2v) is 9.72. The van der Waals surface area contributed by atoms with Gasteiger partial charge in [-0.25, -0.2) is 0 Å². The van der Waals surface area contributed by atoms with Crippen LogP contribution >= 0.6 is 0 Å². The van der Waals surface area contributed by atoms with E-state index in [1.165, 1.54) is 0 Å². The van der Waals surface area contributed by atoms with Crippen LogP contribution in [0.2, 0.25) is 0 Å². The van der Waals surface area contributed by atoms with Crippen LogP contribution in [-0.2, 0) is 11.4 Å². The Labute approximate surface area is 223 Å². The quantitative estimate of drug-likeness (QED) is 0.291. The van der Waals surface area contributed by atoms with E-state index in [0.29, 0.717) is 19.4 Å². The van der Waals surface area contributed by atoms with Crippen LogP contribution in [0, 0.1) is 0 Å². The monoisotopic (exact) mass is 502 g/mol. The topological polar surface area (TPSA) is 59.6 Å². The number of hydrogen-bond donors (Lipinski definition) is 2. The Morgan fingerprint density at radius 1 is 0.737 bits per heavy atom. The highest BCUT2D eigenvalue weighted by molar-refractivity contribution is 6.01. The summed E-state index contributed by atoms with van der Waals surface area (Å²) in [6, 6.07) is 33.9. The van der Waals surface area contributed by atoms with Crippen molar-refractivity contribution in [2.75, 3.05) is 17.7 Å². The zero-order valence-corrected chi connectivity index (χ0v) is 21.3. The summed E-state index contributed by atoms with van der Waals surface area (Å²) >= 11 is 0. The van der Waals surface area contributed by atoms with Gasteiger partial charge in [0.15, 0.2) is 5.78 Å². The summed E-state index contributed by atoms with van der Waals surface area (Å²) in [6.45, 7) is 0.454. The predicted octanol–water partition coefficient (Wildman–Crippen LogP) is 7.25. The predicted molar refractivity (Wildman–Crippen MR) is 151 cm³/mol. The molecule has 2 unspecified atom stereocenters. The summed E-state index contributed by atoms with van der Waals surface area (Å²) in [4.78, 5) is 14.0. The summed E-state index contributed by atoms with van der Waals surface area (Å²) in [5.41, 5.74) is 6.71. The molecule has 0 spiro atoms. The third-order valence-electron chi connectivity index (χ3n) is 7.35. The molecule has 4 aromatic rings. The van der Waals surface area contributed by atoms with Crippen LogP contribution in [0.15, 0.2) is 114 Å². The van der Waals surface area contributed by atoms with Gasteiger partial charge in [-0.3, -0.25) is 4.79 Å². The number of fused-ring (bicyclic) bond motifs is 1. The van der Waals surface area contributed by atoms with Crippen molar-refractivity contribution in [3.63, 3.8) is 0 Å². The SMILES string of the molecule is COc1ccccc1C1CC(=O)C2=C(C1)Nc1ccccc1NC2c1ccccc1OCc1ccccc1. The minimum Gasteiger partial charge on any atom is -0.496 e. The summed E-state index contributed by atoms with van der Waals surface area (Å²) in [7, 11) is 1.68. The summed E-state index contributed by atoms with van der Waals surface area (Å²) < 4.78 is 12.0. The van der Waals surface area contributed by atoms with Gasteiger partial charge in [-0.15, -0.1) is 0 Å². The minimum absolute atomic E-state index is 0.0281. The van der Waals surface area contributed by atoms with Crippen LogP contribution in [0.25, 0.3) is 0 Å². The van der Waals surface area contributed by atoms with Crippen LogP contribution in [0.4, 0.5) is 11.4 Å². The minimum atomic E-state index is -0.348. The molecule has 2 N–H and O–H groups in total. The van der Waals surface area contributed by atoms with E-state index in [2.05, 4.69) is 34.9 Å². The fraction of sp³-hybridized carbons (Fsp3) is 0.182. The molecule has 0 amide bonds. The first-order chi connectivity index (χ1) is 18.7. The van der Waals surface area contributed by atoms with E-state index in [0.717, 1.165) is 50.8 Å². The van der Waals surface area contributed by atoms with Crippen molar-refractivity contribution >= 4 is 17.2 Å². The summed E-state index contributed by atoms with van der Waals surface area (Å²) in [6.07, 6.45) is 1.13. The number of methoxy groups -OCH3 is 1. The highest BCUT2D eigenvalue weighted by Crippen LogP contribution is 2.46. The van der Waals surface area contributed by atoms with Crippen molar-refractivity contribution in [2.24, 2.45) is 0 Å². The van der Waals surface area contributed by atoms with Crippen LogP contribution in [-0.4, -0.2) is 12.9 Å². The number of allylic oxidation sites excluding steroid dienone is 1. The van der Waals surface area contributed by atoms with Crippen molar-refractivity contribution in [2.45, 2.75) is 31.4 Å². The first kappa shape index (κ1) is 23.9. The highest BCUT2D eigenvalue weighted by Gasteiger charge is 2.37. The Kier molecular flexibility index (Phi) is 6.57. The molecule has 0 radical (unpaired) electrons. The molecule has 2 atom stereocenters. The van der Waals surface area contributed by atoms with Crippen LogP contribution in [0.3, 0.4) is 0 Å². The number of para-hydroxylation sites is 4. The Morgan fingerprint density at radius 2 is 1.39 bits per heavy atom. The maximum absolute atomic E-state index is 14.0. The molecule has 0 aromatic heterocycles. The molecule has 0 fully saturated rings. The van der Waals surface area contributed by atoms with E-state index in [9.17, 15) is 4.79 Å². The third-order valence-corrected chi connectivity index (χ3v) is 7.35. The molecule has 2 aliphatic rings. The molecule has 0 bridgehead atoms. The summed E-state index contributed by atoms with van der Waals surface area (Å²) in [5.74, 6) is 1.73. The van der Waals surface area contributed by atoms with Gasteiger partial charge in [-0.1, -0.05) is 78.9 Å². The number of anilines is 2. The normalized spacial score (nSPS) is 18.4. The van der Waals surface area contributed by atoms with Gasteiger partial charge < -0.3 is 20.1 Å². The molecule has 1 aliphatic carbocycles. The fourth-order valence-electron chi connectivity index (χ4n) is 5.54. The Morgan fingerprint density at radius 3 is 2.18 bits per heavy atom. The van der Waals surface area contributed by atoms with E-state index in [1.807, 2.05) is 78.9 Å². The molecule has 1 heterocycles. The van der Waals surface area contributed by atoms with Gasteiger partial charge in [-0.05, 0) is 41.8 Å². The zero-order valence-electron chi connectivity index (χ0n) is 21.3. The Balaban J connectivity index is 1.41. The average Bonchev–Trinajstić information content (AvgIpc) is 3.13. The lowest BCUT2D eigenvalue weighted by Gasteiger charge is -2.31.